The van der Waals surface area contributed by atoms with E-state index in [1.807, 2.05) is 30.3 Å². The van der Waals surface area contributed by atoms with Gasteiger partial charge in [0.05, 0.1) is 6.26 Å². The third kappa shape index (κ3) is 5.65. The van der Waals surface area contributed by atoms with Crippen LogP contribution in [0.2, 0.25) is 0 Å². The van der Waals surface area contributed by atoms with Crippen LogP contribution in [-0.4, -0.2) is 0 Å². The first kappa shape index (κ1) is 12.5. The van der Waals surface area contributed by atoms with Crippen molar-refractivity contribution >= 4 is 17.1 Å². The van der Waals surface area contributed by atoms with Crippen molar-refractivity contribution in [2.75, 3.05) is 0 Å². The second-order valence-electron chi connectivity index (χ2n) is 2.01. The van der Waals surface area contributed by atoms with E-state index in [1.165, 1.54) is 0 Å². The van der Waals surface area contributed by atoms with Crippen molar-refractivity contribution < 1.29 is 35.0 Å². The molecule has 0 aliphatic rings. The number of hydrogen-bond donors (Lipinski definition) is 0. The van der Waals surface area contributed by atoms with E-state index in [9.17, 15) is 8.42 Å². The fourth-order valence-electron chi connectivity index (χ4n) is 0.716. The quantitative estimate of drug-likeness (QED) is 0.608. The second-order valence-corrected chi connectivity index (χ2v) is 2.61. The van der Waals surface area contributed by atoms with Gasteiger partial charge < -0.3 is 12.6 Å². The van der Waals surface area contributed by atoms with Crippen LogP contribution in [0.4, 0.5) is 0 Å². The van der Waals surface area contributed by atoms with Crippen molar-refractivity contribution in [1.82, 2.24) is 0 Å². The number of hydrogen-bond acceptors (Lipinski definition) is 4. The van der Waals surface area contributed by atoms with Crippen molar-refractivity contribution in [1.29, 1.82) is 0 Å². The van der Waals surface area contributed by atoms with Crippen LogP contribution in [0.5, 0.6) is 0 Å². The fraction of sp³-hybridized carbons (Fsp3) is 0. The van der Waals surface area contributed by atoms with Gasteiger partial charge in [-0.1, -0.05) is 30.3 Å². The molecule has 13 heavy (non-hydrogen) atoms. The van der Waals surface area contributed by atoms with Crippen LogP contribution < -0.4 is 0 Å². The Morgan fingerprint density at radius 3 is 2.31 bits per heavy atom. The topological polar surface area (TPSA) is 43.4 Å². The van der Waals surface area contributed by atoms with Crippen LogP contribution in [0, 0.1) is 0 Å². The van der Waals surface area contributed by atoms with Crippen molar-refractivity contribution in [2.24, 2.45) is 0 Å². The summed E-state index contributed by atoms with van der Waals surface area (Å²) >= 11 is 0. The first-order valence-corrected chi connectivity index (χ1v) is 4.27. The van der Waals surface area contributed by atoms with Crippen LogP contribution in [0.15, 0.2) is 36.6 Å². The minimum atomic E-state index is -2.48. The maximum atomic E-state index is 9.92. The van der Waals surface area contributed by atoms with Gasteiger partial charge in [0, 0.05) is 22.4 Å². The largest absolute Gasteiger partial charge is 0.539 e. The molecule has 0 amide bonds. The van der Waals surface area contributed by atoms with Crippen molar-refractivity contribution in [2.45, 2.75) is 0 Å². The smallest absolute Gasteiger partial charge is 0.103 e. The average molecular weight is 364 g/mol. The number of benzene rings is 1. The third-order valence-corrected chi connectivity index (χ3v) is 1.46. The predicted molar refractivity (Wildman–Crippen MR) is 45.3 cm³/mol. The molecule has 0 bridgehead atoms. The van der Waals surface area contributed by atoms with Crippen LogP contribution in [0.25, 0.3) is 6.08 Å². The third-order valence-electron chi connectivity index (χ3n) is 1.19. The SMILES string of the molecule is O=[S-](=O)OC=Cc1ccccc1.[Ta]. The Balaban J connectivity index is 0.00000144. The minimum Gasteiger partial charge on any atom is -0.539 e. The van der Waals surface area contributed by atoms with Crippen molar-refractivity contribution in [3.05, 3.63) is 42.2 Å². The molecule has 69 valence electrons. The van der Waals surface area contributed by atoms with Gasteiger partial charge in [0.25, 0.3) is 0 Å². The van der Waals surface area contributed by atoms with Gasteiger partial charge in [-0.3, -0.25) is 0 Å². The Morgan fingerprint density at radius 1 is 1.15 bits per heavy atom. The molecule has 0 fully saturated rings. The summed E-state index contributed by atoms with van der Waals surface area (Å²) < 4.78 is 24.0. The second kappa shape index (κ2) is 6.91. The van der Waals surface area contributed by atoms with Gasteiger partial charge in [-0.2, -0.15) is 0 Å². The Hall–Kier alpha value is -0.550. The van der Waals surface area contributed by atoms with Crippen LogP contribution in [0.3, 0.4) is 0 Å². The van der Waals surface area contributed by atoms with Crippen LogP contribution in [0.1, 0.15) is 5.56 Å². The van der Waals surface area contributed by atoms with E-state index >= 15 is 0 Å². The molecule has 0 unspecified atom stereocenters. The summed E-state index contributed by atoms with van der Waals surface area (Å²) in [5.74, 6) is 0. The molecule has 0 aliphatic heterocycles. The predicted octanol–water partition coefficient (Wildman–Crippen LogP) is 1.90. The summed E-state index contributed by atoms with van der Waals surface area (Å²) in [6, 6.07) is 9.27. The van der Waals surface area contributed by atoms with Crippen molar-refractivity contribution in [3.63, 3.8) is 0 Å². The normalized spacial score (nSPS) is 9.92. The fourth-order valence-corrected chi connectivity index (χ4v) is 0.862. The molecule has 0 saturated heterocycles. The van der Waals surface area contributed by atoms with E-state index in [2.05, 4.69) is 4.18 Å². The molecule has 1 aromatic rings. The summed E-state index contributed by atoms with van der Waals surface area (Å²) in [4.78, 5) is 0. The monoisotopic (exact) mass is 364 g/mol. The Morgan fingerprint density at radius 2 is 1.77 bits per heavy atom. The summed E-state index contributed by atoms with van der Waals surface area (Å²) in [5.41, 5.74) is 0.892. The van der Waals surface area contributed by atoms with E-state index in [-0.39, 0.29) is 22.4 Å². The first-order chi connectivity index (χ1) is 5.79. The molecule has 0 saturated carbocycles. The Labute approximate surface area is 94.1 Å². The molecule has 0 heterocycles. The Kier molecular flexibility index (Phi) is 6.62. The summed E-state index contributed by atoms with van der Waals surface area (Å²) in [5, 5.41) is 0. The average Bonchev–Trinajstić information content (AvgIpc) is 2.05. The molecule has 5 heteroatoms. The maximum absolute atomic E-state index is 9.92. The molecule has 1 rings (SSSR count). The van der Waals surface area contributed by atoms with E-state index in [0.29, 0.717) is 0 Å². The van der Waals surface area contributed by atoms with Gasteiger partial charge in [-0.15, -0.1) is 0 Å². The van der Waals surface area contributed by atoms with Gasteiger partial charge in [-0.25, -0.2) is 0 Å². The van der Waals surface area contributed by atoms with Crippen molar-refractivity contribution in [3.8, 4) is 0 Å². The molecule has 1 radical (unpaired) electrons. The van der Waals surface area contributed by atoms with Gasteiger partial charge >= 0.3 is 0 Å². The molecule has 0 N–H and O–H groups in total. The molecule has 0 aromatic heterocycles. The summed E-state index contributed by atoms with van der Waals surface area (Å²) in [6.45, 7) is 0. The molecule has 3 nitrogen and oxygen atoms in total. The molecule has 0 spiro atoms. The number of rotatable bonds is 3. The van der Waals surface area contributed by atoms with Gasteiger partial charge in [-0.05, 0) is 11.6 Å². The molecule has 0 atom stereocenters. The van der Waals surface area contributed by atoms with Gasteiger partial charge in [0.15, 0.2) is 0 Å². The molecule has 0 aliphatic carbocycles. The molecular formula is C8H7O3STa-. The maximum Gasteiger partial charge on any atom is 0.103 e. The van der Waals surface area contributed by atoms with Gasteiger partial charge in [0.2, 0.25) is 0 Å². The zero-order valence-corrected chi connectivity index (χ0v) is 10.7. The van der Waals surface area contributed by atoms with E-state index in [4.69, 9.17) is 0 Å². The zero-order chi connectivity index (χ0) is 8.81. The van der Waals surface area contributed by atoms with E-state index in [1.54, 1.807) is 6.08 Å². The van der Waals surface area contributed by atoms with Crippen LogP contribution in [-0.2, 0) is 46.0 Å². The molecular weight excluding hydrogens is 357 g/mol. The van der Waals surface area contributed by atoms with Crippen LogP contribution >= 0.6 is 0 Å². The zero-order valence-electron chi connectivity index (χ0n) is 6.62. The van der Waals surface area contributed by atoms with Gasteiger partial charge in [0.1, 0.15) is 11.0 Å². The van der Waals surface area contributed by atoms with E-state index in [0.717, 1.165) is 11.8 Å². The standard InChI is InChI=1S/C8H7O3S.Ta/c9-12(10)11-7-6-8-4-2-1-3-5-8;/h1-7H;/q-1;. The first-order valence-electron chi connectivity index (χ1n) is 3.27. The summed E-state index contributed by atoms with van der Waals surface area (Å²) in [6.07, 6.45) is 2.69. The summed E-state index contributed by atoms with van der Waals surface area (Å²) in [7, 11) is -2.48. The Bertz CT molecular complexity index is 325. The minimum absolute atomic E-state index is 0. The van der Waals surface area contributed by atoms with E-state index < -0.39 is 11.0 Å². The molecule has 1 aromatic carbocycles.